The van der Waals surface area contributed by atoms with Gasteiger partial charge in [0.2, 0.25) is 5.91 Å². The Bertz CT molecular complexity index is 1040. The molecule has 2 aromatic carbocycles. The zero-order valence-corrected chi connectivity index (χ0v) is 15.8. The van der Waals surface area contributed by atoms with Gasteiger partial charge < -0.3 is 21.1 Å². The number of halogens is 2. The number of benzene rings is 2. The highest BCUT2D eigenvalue weighted by molar-refractivity contribution is 7.80. The van der Waals surface area contributed by atoms with E-state index in [1.165, 1.54) is 48.7 Å². The first-order chi connectivity index (χ1) is 13.9. The lowest BCUT2D eigenvalue weighted by Gasteiger charge is -2.12. The van der Waals surface area contributed by atoms with Crippen LogP contribution >= 0.6 is 12.2 Å². The van der Waals surface area contributed by atoms with E-state index in [-0.39, 0.29) is 34.8 Å². The maximum Gasteiger partial charge on any atom is 0.230 e. The number of hydrogen-bond acceptors (Lipinski definition) is 5. The molecule has 0 aliphatic carbocycles. The van der Waals surface area contributed by atoms with Crippen molar-refractivity contribution in [3.8, 4) is 11.5 Å². The van der Waals surface area contributed by atoms with E-state index < -0.39 is 5.82 Å². The van der Waals surface area contributed by atoms with Crippen molar-refractivity contribution in [3.63, 3.8) is 0 Å². The molecule has 9 heteroatoms. The monoisotopic (exact) mass is 414 g/mol. The van der Waals surface area contributed by atoms with Crippen LogP contribution in [0.5, 0.6) is 11.5 Å². The molecule has 6 nitrogen and oxygen atoms in total. The Morgan fingerprint density at radius 1 is 1.10 bits per heavy atom. The molecule has 1 heterocycles. The maximum absolute atomic E-state index is 14.3. The zero-order valence-electron chi connectivity index (χ0n) is 15.0. The third-order valence-corrected chi connectivity index (χ3v) is 3.91. The average Bonchev–Trinajstić information content (AvgIpc) is 2.66. The summed E-state index contributed by atoms with van der Waals surface area (Å²) in [5, 5.41) is 5.21. The van der Waals surface area contributed by atoms with E-state index in [0.29, 0.717) is 17.0 Å². The number of rotatable bonds is 5. The minimum Gasteiger partial charge on any atom is -0.454 e. The van der Waals surface area contributed by atoms with Crippen LogP contribution in [0.4, 0.5) is 20.3 Å². The van der Waals surface area contributed by atoms with Crippen molar-refractivity contribution >= 4 is 34.7 Å². The Balaban J connectivity index is 1.56. The number of nitrogens with zero attached hydrogens (tertiary/aromatic N) is 1. The third-order valence-electron chi connectivity index (χ3n) is 3.70. The largest absolute Gasteiger partial charge is 0.454 e. The molecular formula is C20H16F2N4O2S. The topological polar surface area (TPSA) is 89.3 Å². The minimum atomic E-state index is -0.633. The number of nitrogens with one attached hydrogen (secondary N) is 2. The van der Waals surface area contributed by atoms with Gasteiger partial charge in [0.25, 0.3) is 0 Å². The molecule has 1 aromatic heterocycles. The van der Waals surface area contributed by atoms with E-state index in [1.807, 2.05) is 0 Å². The van der Waals surface area contributed by atoms with Crippen LogP contribution in [0.25, 0.3) is 0 Å². The number of amides is 1. The average molecular weight is 414 g/mol. The van der Waals surface area contributed by atoms with Crippen molar-refractivity contribution in [3.05, 3.63) is 78.0 Å². The number of thiocarbonyl (C=S) groups is 1. The number of anilines is 2. The first-order valence-corrected chi connectivity index (χ1v) is 8.84. The third kappa shape index (κ3) is 5.94. The highest BCUT2D eigenvalue weighted by Crippen LogP contribution is 2.27. The van der Waals surface area contributed by atoms with Crippen LogP contribution in [0.2, 0.25) is 0 Å². The molecule has 3 aromatic rings. The Hall–Kier alpha value is -3.59. The quantitative estimate of drug-likeness (QED) is 0.551. The first-order valence-electron chi connectivity index (χ1n) is 8.43. The van der Waals surface area contributed by atoms with E-state index in [9.17, 15) is 13.6 Å². The molecule has 3 rings (SSSR count). The molecule has 1 amide bonds. The highest BCUT2D eigenvalue weighted by atomic mass is 32.1. The van der Waals surface area contributed by atoms with Crippen LogP contribution in [0.15, 0.2) is 60.8 Å². The summed E-state index contributed by atoms with van der Waals surface area (Å²) in [7, 11) is 0. The Kier molecular flexibility index (Phi) is 6.30. The molecule has 29 heavy (non-hydrogen) atoms. The zero-order chi connectivity index (χ0) is 20.8. The van der Waals surface area contributed by atoms with Gasteiger partial charge in [0.1, 0.15) is 17.4 Å². The van der Waals surface area contributed by atoms with Gasteiger partial charge in [-0.15, -0.1) is 0 Å². The van der Waals surface area contributed by atoms with Crippen molar-refractivity contribution in [2.45, 2.75) is 6.42 Å². The molecular weight excluding hydrogens is 398 g/mol. The summed E-state index contributed by atoms with van der Waals surface area (Å²) < 4.78 is 32.6. The fraction of sp³-hybridized carbons (Fsp3) is 0.0500. The molecule has 0 saturated carbocycles. The van der Waals surface area contributed by atoms with E-state index in [1.54, 1.807) is 12.1 Å². The van der Waals surface area contributed by atoms with Crippen molar-refractivity contribution in [1.82, 2.24) is 10.3 Å². The van der Waals surface area contributed by atoms with E-state index >= 15 is 0 Å². The lowest BCUT2D eigenvalue weighted by molar-refractivity contribution is -0.119. The number of nitrogen functional groups attached to an aromatic ring is 1. The predicted molar refractivity (Wildman–Crippen MR) is 110 cm³/mol. The summed E-state index contributed by atoms with van der Waals surface area (Å²) >= 11 is 5.07. The number of pyridine rings is 1. The maximum atomic E-state index is 14.3. The molecule has 0 fully saturated rings. The van der Waals surface area contributed by atoms with E-state index in [0.717, 1.165) is 0 Å². The molecule has 0 spiro atoms. The van der Waals surface area contributed by atoms with Crippen molar-refractivity contribution in [2.75, 3.05) is 11.1 Å². The smallest absolute Gasteiger partial charge is 0.230 e. The molecule has 0 bridgehead atoms. The fourth-order valence-electron chi connectivity index (χ4n) is 2.40. The second-order valence-corrected chi connectivity index (χ2v) is 6.38. The number of nitrogens with two attached hydrogens (primary N) is 1. The molecule has 0 atom stereocenters. The van der Waals surface area contributed by atoms with Gasteiger partial charge in [-0.1, -0.05) is 12.1 Å². The standard InChI is InChI=1S/C20H16F2N4O2S/c21-13-3-1-12(2-4-13)9-19(27)26-20(29)25-14-5-6-17(16(22)10-14)28-15-7-8-24-18(23)11-15/h1-8,10-11H,9H2,(H2,23,24)(H2,25,26,27,29). The van der Waals surface area contributed by atoms with Gasteiger partial charge in [0.05, 0.1) is 6.42 Å². The van der Waals surface area contributed by atoms with Crippen LogP contribution in [-0.2, 0) is 11.2 Å². The van der Waals surface area contributed by atoms with Crippen LogP contribution in [-0.4, -0.2) is 16.0 Å². The van der Waals surface area contributed by atoms with Crippen LogP contribution in [0.1, 0.15) is 5.56 Å². The Morgan fingerprint density at radius 3 is 2.55 bits per heavy atom. The minimum absolute atomic E-state index is 0.00656. The second kappa shape index (κ2) is 9.07. The summed E-state index contributed by atoms with van der Waals surface area (Å²) in [4.78, 5) is 15.8. The van der Waals surface area contributed by atoms with E-state index in [4.69, 9.17) is 22.7 Å². The number of ether oxygens (including phenoxy) is 1. The molecule has 148 valence electrons. The van der Waals surface area contributed by atoms with Gasteiger partial charge in [-0.2, -0.15) is 0 Å². The van der Waals surface area contributed by atoms with Crippen molar-refractivity contribution in [1.29, 1.82) is 0 Å². The molecule has 0 aliphatic heterocycles. The van der Waals surface area contributed by atoms with Gasteiger partial charge >= 0.3 is 0 Å². The van der Waals surface area contributed by atoms with Crippen molar-refractivity contribution in [2.24, 2.45) is 0 Å². The summed E-state index contributed by atoms with van der Waals surface area (Å²) in [6.07, 6.45) is 1.48. The Labute approximate surface area is 170 Å². The normalized spacial score (nSPS) is 10.3. The number of carbonyl (C=O) groups excluding carboxylic acids is 1. The fourth-order valence-corrected chi connectivity index (χ4v) is 2.63. The number of aromatic nitrogens is 1. The summed E-state index contributed by atoms with van der Waals surface area (Å²) in [5.74, 6) is -0.806. The van der Waals surface area contributed by atoms with Crippen LogP contribution in [0, 0.1) is 11.6 Å². The molecule has 0 aliphatic rings. The Morgan fingerprint density at radius 2 is 1.86 bits per heavy atom. The van der Waals surface area contributed by atoms with Gasteiger partial charge in [0, 0.05) is 24.0 Å². The predicted octanol–water partition coefficient (Wildman–Crippen LogP) is 3.79. The lowest BCUT2D eigenvalue weighted by atomic mass is 10.1. The SMILES string of the molecule is Nc1cc(Oc2ccc(NC(=S)NC(=O)Cc3ccc(F)cc3)cc2F)ccn1. The number of carbonyl (C=O) groups is 1. The first kappa shape index (κ1) is 20.2. The summed E-state index contributed by atoms with van der Waals surface area (Å²) in [6.45, 7) is 0. The summed E-state index contributed by atoms with van der Waals surface area (Å²) in [5.41, 5.74) is 6.53. The molecule has 0 unspecified atom stereocenters. The van der Waals surface area contributed by atoms with Gasteiger partial charge in [0.15, 0.2) is 16.7 Å². The molecule has 0 radical (unpaired) electrons. The van der Waals surface area contributed by atoms with Crippen molar-refractivity contribution < 1.29 is 18.3 Å². The number of hydrogen-bond donors (Lipinski definition) is 3. The lowest BCUT2D eigenvalue weighted by Crippen LogP contribution is -2.35. The summed E-state index contributed by atoms with van der Waals surface area (Å²) in [6, 6.07) is 12.7. The molecule has 4 N–H and O–H groups in total. The van der Waals surface area contributed by atoms with Gasteiger partial charge in [-0.05, 0) is 48.1 Å². The highest BCUT2D eigenvalue weighted by Gasteiger charge is 2.10. The van der Waals surface area contributed by atoms with Gasteiger partial charge in [-0.3, -0.25) is 4.79 Å². The van der Waals surface area contributed by atoms with Crippen LogP contribution in [0.3, 0.4) is 0 Å². The second-order valence-electron chi connectivity index (χ2n) is 5.97. The van der Waals surface area contributed by atoms with Gasteiger partial charge in [-0.25, -0.2) is 13.8 Å². The van der Waals surface area contributed by atoms with Crippen LogP contribution < -0.4 is 21.1 Å². The van der Waals surface area contributed by atoms with E-state index in [2.05, 4.69) is 15.6 Å². The molecule has 0 saturated heterocycles.